The summed E-state index contributed by atoms with van der Waals surface area (Å²) in [6, 6.07) is 1.47. The fraction of sp³-hybridized carbons (Fsp3) is 0.467. The van der Waals surface area contributed by atoms with Crippen LogP contribution in [-0.4, -0.2) is 55.9 Å². The van der Waals surface area contributed by atoms with E-state index in [2.05, 4.69) is 0 Å². The van der Waals surface area contributed by atoms with Crippen LogP contribution < -0.4 is 0 Å². The maximum absolute atomic E-state index is 13.4. The molecule has 1 atom stereocenters. The van der Waals surface area contributed by atoms with Gasteiger partial charge in [-0.1, -0.05) is 23.2 Å². The van der Waals surface area contributed by atoms with Gasteiger partial charge < -0.3 is 9.64 Å². The van der Waals surface area contributed by atoms with Gasteiger partial charge in [-0.2, -0.15) is 0 Å². The van der Waals surface area contributed by atoms with Crippen molar-refractivity contribution in [3.8, 4) is 0 Å². The van der Waals surface area contributed by atoms with Gasteiger partial charge in [0.15, 0.2) is 16.4 Å². The number of likely N-dealkylation sites (N-methyl/N-ethyl adjacent to an activating group) is 1. The highest BCUT2D eigenvalue weighted by atomic mass is 35.5. The summed E-state index contributed by atoms with van der Waals surface area (Å²) in [4.78, 5) is 25.6. The number of hydrogen-bond acceptors (Lipinski definition) is 5. The summed E-state index contributed by atoms with van der Waals surface area (Å²) in [6.45, 7) is 1.40. The van der Waals surface area contributed by atoms with Crippen LogP contribution in [0.3, 0.4) is 0 Å². The fourth-order valence-corrected chi connectivity index (χ4v) is 4.82. The van der Waals surface area contributed by atoms with E-state index in [-0.39, 0.29) is 33.7 Å². The number of halogens is 3. The van der Waals surface area contributed by atoms with Crippen molar-refractivity contribution in [2.75, 3.05) is 24.7 Å². The number of benzene rings is 1. The molecule has 1 saturated heterocycles. The Morgan fingerprint density at radius 3 is 2.56 bits per heavy atom. The van der Waals surface area contributed by atoms with E-state index in [1.165, 1.54) is 4.90 Å². The molecule has 0 N–H and O–H groups in total. The third kappa shape index (κ3) is 4.83. The molecule has 1 fully saturated rings. The minimum Gasteiger partial charge on any atom is -0.452 e. The largest absolute Gasteiger partial charge is 0.452 e. The predicted molar refractivity (Wildman–Crippen MR) is 91.1 cm³/mol. The second-order valence-electron chi connectivity index (χ2n) is 5.56. The molecule has 0 unspecified atom stereocenters. The average Bonchev–Trinajstić information content (AvgIpc) is 2.89. The van der Waals surface area contributed by atoms with Crippen LogP contribution in [0.4, 0.5) is 4.39 Å². The highest BCUT2D eigenvalue weighted by Crippen LogP contribution is 2.25. The van der Waals surface area contributed by atoms with Gasteiger partial charge in [0.05, 0.1) is 27.1 Å². The Labute approximate surface area is 154 Å². The van der Waals surface area contributed by atoms with E-state index >= 15 is 0 Å². The summed E-state index contributed by atoms with van der Waals surface area (Å²) >= 11 is 11.4. The van der Waals surface area contributed by atoms with Crippen molar-refractivity contribution in [3.63, 3.8) is 0 Å². The molecule has 0 aromatic heterocycles. The number of sulfone groups is 1. The number of rotatable bonds is 5. The van der Waals surface area contributed by atoms with Crippen LogP contribution in [0.5, 0.6) is 0 Å². The van der Waals surface area contributed by atoms with Crippen molar-refractivity contribution >= 4 is 44.9 Å². The van der Waals surface area contributed by atoms with Crippen molar-refractivity contribution in [2.45, 2.75) is 19.4 Å². The molecule has 0 spiro atoms. The van der Waals surface area contributed by atoms with Crippen LogP contribution in [0.1, 0.15) is 23.7 Å². The van der Waals surface area contributed by atoms with E-state index in [4.69, 9.17) is 27.9 Å². The predicted octanol–water partition coefficient (Wildman–Crippen LogP) is 2.32. The zero-order valence-corrected chi connectivity index (χ0v) is 15.6. The van der Waals surface area contributed by atoms with Crippen LogP contribution in [0, 0.1) is 5.82 Å². The van der Waals surface area contributed by atoms with E-state index in [9.17, 15) is 22.4 Å². The number of carbonyl (C=O) groups is 2. The Bertz CT molecular complexity index is 799. The van der Waals surface area contributed by atoms with Crippen LogP contribution in [0.25, 0.3) is 0 Å². The van der Waals surface area contributed by atoms with Gasteiger partial charge in [0.1, 0.15) is 5.82 Å². The van der Waals surface area contributed by atoms with E-state index in [1.54, 1.807) is 6.92 Å². The monoisotopic (exact) mass is 411 g/mol. The Morgan fingerprint density at radius 2 is 2.00 bits per heavy atom. The highest BCUT2D eigenvalue weighted by molar-refractivity contribution is 7.91. The second kappa shape index (κ2) is 7.88. The zero-order valence-electron chi connectivity index (χ0n) is 13.3. The molecule has 1 heterocycles. The first kappa shape index (κ1) is 19.9. The number of hydrogen-bond donors (Lipinski definition) is 0. The number of nitrogens with zero attached hydrogens (tertiary/aromatic N) is 1. The first-order valence-electron chi connectivity index (χ1n) is 7.46. The minimum atomic E-state index is -3.15. The van der Waals surface area contributed by atoms with Gasteiger partial charge in [-0.25, -0.2) is 17.6 Å². The highest BCUT2D eigenvalue weighted by Gasteiger charge is 2.34. The third-order valence-corrected chi connectivity index (χ3v) is 6.22. The summed E-state index contributed by atoms with van der Waals surface area (Å²) in [6.07, 6.45) is 0.351. The van der Waals surface area contributed by atoms with Crippen LogP contribution in [-0.2, 0) is 19.4 Å². The smallest absolute Gasteiger partial charge is 0.340 e. The molecule has 0 radical (unpaired) electrons. The van der Waals surface area contributed by atoms with Gasteiger partial charge in [-0.05, 0) is 25.5 Å². The lowest BCUT2D eigenvalue weighted by molar-refractivity contribution is -0.136. The lowest BCUT2D eigenvalue weighted by Crippen LogP contribution is -2.43. The quantitative estimate of drug-likeness (QED) is 0.548. The Balaban J connectivity index is 2.01. The van der Waals surface area contributed by atoms with Crippen molar-refractivity contribution in [3.05, 3.63) is 33.6 Å². The topological polar surface area (TPSA) is 80.8 Å². The van der Waals surface area contributed by atoms with Gasteiger partial charge in [0.25, 0.3) is 5.91 Å². The summed E-state index contributed by atoms with van der Waals surface area (Å²) < 4.78 is 41.4. The van der Waals surface area contributed by atoms with Gasteiger partial charge in [-0.3, -0.25) is 4.79 Å². The number of ether oxygens (including phenoxy) is 1. The lowest BCUT2D eigenvalue weighted by Gasteiger charge is -2.26. The van der Waals surface area contributed by atoms with Crippen molar-refractivity contribution in [1.29, 1.82) is 0 Å². The maximum atomic E-state index is 13.4. The summed E-state index contributed by atoms with van der Waals surface area (Å²) in [5.41, 5.74) is -0.247. The number of amides is 1. The van der Waals surface area contributed by atoms with Crippen LogP contribution >= 0.6 is 23.2 Å². The van der Waals surface area contributed by atoms with E-state index in [1.807, 2.05) is 0 Å². The molecule has 2 rings (SSSR count). The molecular weight excluding hydrogens is 396 g/mol. The Morgan fingerprint density at radius 1 is 1.32 bits per heavy atom. The molecule has 1 aromatic rings. The first-order valence-corrected chi connectivity index (χ1v) is 10.0. The van der Waals surface area contributed by atoms with E-state index < -0.39 is 40.2 Å². The molecule has 1 aliphatic heterocycles. The molecule has 0 aliphatic carbocycles. The third-order valence-electron chi connectivity index (χ3n) is 3.87. The second-order valence-corrected chi connectivity index (χ2v) is 8.60. The zero-order chi connectivity index (χ0) is 18.8. The van der Waals surface area contributed by atoms with Gasteiger partial charge in [-0.15, -0.1) is 0 Å². The first-order chi connectivity index (χ1) is 11.6. The summed E-state index contributed by atoms with van der Waals surface area (Å²) in [7, 11) is -3.15. The summed E-state index contributed by atoms with van der Waals surface area (Å²) in [5, 5.41) is -0.338. The SMILES string of the molecule is CCN(C(=O)COC(=O)c1cc(F)c(Cl)cc1Cl)[C@H]1CCS(=O)(=O)C1. The standard InChI is InChI=1S/C15H16Cl2FNO5S/c1-2-19(9-3-4-25(22,23)8-9)14(20)7-24-15(21)10-5-13(18)12(17)6-11(10)16/h5-6,9H,2-4,7-8H2,1H3/t9-/m0/s1. The Kier molecular flexibility index (Phi) is 6.29. The maximum Gasteiger partial charge on any atom is 0.340 e. The molecule has 138 valence electrons. The van der Waals surface area contributed by atoms with Crippen molar-refractivity contribution in [2.24, 2.45) is 0 Å². The van der Waals surface area contributed by atoms with E-state index in [0.29, 0.717) is 6.42 Å². The fourth-order valence-electron chi connectivity index (χ4n) is 2.63. The lowest BCUT2D eigenvalue weighted by atomic mass is 10.2. The molecule has 25 heavy (non-hydrogen) atoms. The van der Waals surface area contributed by atoms with Crippen molar-refractivity contribution in [1.82, 2.24) is 4.90 Å². The van der Waals surface area contributed by atoms with Gasteiger partial charge in [0, 0.05) is 12.6 Å². The summed E-state index contributed by atoms with van der Waals surface area (Å²) in [5.74, 6) is -2.40. The molecule has 1 aromatic carbocycles. The van der Waals surface area contributed by atoms with Crippen LogP contribution in [0.2, 0.25) is 10.0 Å². The molecule has 10 heteroatoms. The minimum absolute atomic E-state index is 0.0287. The number of esters is 1. The Hall–Kier alpha value is -1.38. The normalized spacial score (nSPS) is 18.8. The molecule has 1 aliphatic rings. The number of carbonyl (C=O) groups excluding carboxylic acids is 2. The van der Waals surface area contributed by atoms with Gasteiger partial charge in [0.2, 0.25) is 0 Å². The molecule has 1 amide bonds. The molecule has 0 saturated carbocycles. The van der Waals surface area contributed by atoms with Gasteiger partial charge >= 0.3 is 5.97 Å². The molecule has 0 bridgehead atoms. The average molecular weight is 412 g/mol. The van der Waals surface area contributed by atoms with Crippen LogP contribution in [0.15, 0.2) is 12.1 Å². The van der Waals surface area contributed by atoms with E-state index in [0.717, 1.165) is 12.1 Å². The molecular formula is C15H16Cl2FNO5S. The molecule has 6 nitrogen and oxygen atoms in total. The van der Waals surface area contributed by atoms with Crippen molar-refractivity contribution < 1.29 is 27.1 Å².